The van der Waals surface area contributed by atoms with E-state index in [1.807, 2.05) is 6.07 Å². The molecular weight excluding hydrogens is 220 g/mol. The van der Waals surface area contributed by atoms with Crippen LogP contribution in [0.15, 0.2) is 16.7 Å². The van der Waals surface area contributed by atoms with Crippen molar-refractivity contribution in [2.45, 2.75) is 25.0 Å². The summed E-state index contributed by atoms with van der Waals surface area (Å²) in [5, 5.41) is 12.7. The third kappa shape index (κ3) is 1.85. The highest BCUT2D eigenvalue weighted by Gasteiger charge is 2.34. The van der Waals surface area contributed by atoms with Crippen LogP contribution in [-0.4, -0.2) is 41.7 Å². The van der Waals surface area contributed by atoms with E-state index in [-0.39, 0.29) is 18.1 Å². The number of rotatable bonds is 1. The van der Waals surface area contributed by atoms with Gasteiger partial charge in [-0.3, -0.25) is 4.79 Å². The minimum Gasteiger partial charge on any atom is -0.469 e. The van der Waals surface area contributed by atoms with Crippen LogP contribution in [0.2, 0.25) is 0 Å². The molecular formula is C12H16N2O3. The van der Waals surface area contributed by atoms with E-state index < -0.39 is 0 Å². The molecule has 0 radical (unpaired) electrons. The molecule has 0 saturated carbocycles. The lowest BCUT2D eigenvalue weighted by molar-refractivity contribution is -0.133. The number of amides is 1. The van der Waals surface area contributed by atoms with E-state index in [9.17, 15) is 9.90 Å². The molecule has 92 valence electrons. The first-order valence-electron chi connectivity index (χ1n) is 6.02. The van der Waals surface area contributed by atoms with Crippen molar-refractivity contribution in [3.63, 3.8) is 0 Å². The molecule has 17 heavy (non-hydrogen) atoms. The van der Waals surface area contributed by atoms with Crippen LogP contribution < -0.4 is 5.32 Å². The summed E-state index contributed by atoms with van der Waals surface area (Å²) >= 11 is 0. The van der Waals surface area contributed by atoms with E-state index in [2.05, 4.69) is 5.32 Å². The number of hydrogen-bond donors (Lipinski definition) is 2. The molecule has 2 unspecified atom stereocenters. The number of aliphatic hydroxyl groups is 1. The molecule has 1 saturated heterocycles. The van der Waals surface area contributed by atoms with Crippen LogP contribution in [0.3, 0.4) is 0 Å². The molecule has 0 aliphatic carbocycles. The van der Waals surface area contributed by atoms with Crippen molar-refractivity contribution in [2.75, 3.05) is 19.6 Å². The van der Waals surface area contributed by atoms with Crippen molar-refractivity contribution in [1.29, 1.82) is 0 Å². The summed E-state index contributed by atoms with van der Waals surface area (Å²) in [6.07, 6.45) is 2.77. The van der Waals surface area contributed by atoms with Gasteiger partial charge in [-0.15, -0.1) is 0 Å². The minimum atomic E-state index is -0.369. The monoisotopic (exact) mass is 236 g/mol. The maximum atomic E-state index is 12.3. The normalized spacial score (nSPS) is 28.2. The van der Waals surface area contributed by atoms with Crippen LogP contribution in [0.5, 0.6) is 0 Å². The van der Waals surface area contributed by atoms with Crippen LogP contribution in [0.1, 0.15) is 23.8 Å². The highest BCUT2D eigenvalue weighted by molar-refractivity contribution is 5.84. The maximum Gasteiger partial charge on any atom is 0.244 e. The van der Waals surface area contributed by atoms with Gasteiger partial charge < -0.3 is 19.7 Å². The van der Waals surface area contributed by atoms with E-state index >= 15 is 0 Å². The van der Waals surface area contributed by atoms with E-state index in [0.717, 1.165) is 24.3 Å². The molecule has 3 rings (SSSR count). The lowest BCUT2D eigenvalue weighted by atomic mass is 10.0. The Balaban J connectivity index is 1.80. The Kier molecular flexibility index (Phi) is 2.64. The summed E-state index contributed by atoms with van der Waals surface area (Å²) in [5.74, 6) is 0.950. The SMILES string of the molecule is O=C(C1NCCc2occc21)N1CCC(O)C1. The van der Waals surface area contributed by atoms with Crippen molar-refractivity contribution in [2.24, 2.45) is 0 Å². The first kappa shape index (κ1) is 10.8. The molecule has 5 nitrogen and oxygen atoms in total. The molecule has 2 N–H and O–H groups in total. The fourth-order valence-corrected chi connectivity index (χ4v) is 2.60. The van der Waals surface area contributed by atoms with Gasteiger partial charge in [0, 0.05) is 31.6 Å². The third-order valence-electron chi connectivity index (χ3n) is 3.51. The molecule has 3 heterocycles. The molecule has 0 spiro atoms. The van der Waals surface area contributed by atoms with Crippen LogP contribution in [0, 0.1) is 0 Å². The van der Waals surface area contributed by atoms with Crippen LogP contribution in [0.4, 0.5) is 0 Å². The lowest BCUT2D eigenvalue weighted by Crippen LogP contribution is -2.42. The standard InChI is InChI=1S/C12H16N2O3/c15-8-2-5-14(7-8)12(16)11-9-3-6-17-10(9)1-4-13-11/h3,6,8,11,13,15H,1-2,4-5,7H2. The average Bonchev–Trinajstić information content (AvgIpc) is 2.95. The number of furan rings is 1. The Morgan fingerprint density at radius 2 is 2.47 bits per heavy atom. The number of likely N-dealkylation sites (tertiary alicyclic amines) is 1. The molecule has 1 fully saturated rings. The molecule has 2 atom stereocenters. The molecule has 0 bridgehead atoms. The molecule has 1 aromatic rings. The number of carbonyl (C=O) groups excluding carboxylic acids is 1. The zero-order valence-corrected chi connectivity index (χ0v) is 9.56. The van der Waals surface area contributed by atoms with E-state index in [4.69, 9.17) is 4.42 Å². The topological polar surface area (TPSA) is 65.7 Å². The Morgan fingerprint density at radius 3 is 3.24 bits per heavy atom. The predicted molar refractivity (Wildman–Crippen MR) is 60.4 cm³/mol. The Bertz CT molecular complexity index is 429. The average molecular weight is 236 g/mol. The van der Waals surface area contributed by atoms with Crippen molar-refractivity contribution in [3.05, 3.63) is 23.7 Å². The van der Waals surface area contributed by atoms with Gasteiger partial charge in [0.15, 0.2) is 0 Å². The van der Waals surface area contributed by atoms with Gasteiger partial charge in [0.1, 0.15) is 11.8 Å². The second-order valence-corrected chi connectivity index (χ2v) is 4.66. The second-order valence-electron chi connectivity index (χ2n) is 4.66. The van der Waals surface area contributed by atoms with Crippen molar-refractivity contribution < 1.29 is 14.3 Å². The maximum absolute atomic E-state index is 12.3. The van der Waals surface area contributed by atoms with Crippen LogP contribution in [0.25, 0.3) is 0 Å². The van der Waals surface area contributed by atoms with Gasteiger partial charge in [0.25, 0.3) is 0 Å². The quantitative estimate of drug-likeness (QED) is 0.723. The van der Waals surface area contributed by atoms with Gasteiger partial charge in [-0.05, 0) is 12.5 Å². The van der Waals surface area contributed by atoms with Crippen molar-refractivity contribution in [3.8, 4) is 0 Å². The highest BCUT2D eigenvalue weighted by Crippen LogP contribution is 2.26. The van der Waals surface area contributed by atoms with Gasteiger partial charge in [-0.1, -0.05) is 0 Å². The van der Waals surface area contributed by atoms with E-state index in [1.165, 1.54) is 0 Å². The zero-order chi connectivity index (χ0) is 11.8. The first-order chi connectivity index (χ1) is 8.25. The van der Waals surface area contributed by atoms with E-state index in [0.29, 0.717) is 19.5 Å². The lowest BCUT2D eigenvalue weighted by Gasteiger charge is -2.26. The molecule has 5 heteroatoms. The summed E-state index contributed by atoms with van der Waals surface area (Å²) in [6, 6.07) is 1.55. The van der Waals surface area contributed by atoms with E-state index in [1.54, 1.807) is 11.2 Å². The summed E-state index contributed by atoms with van der Waals surface area (Å²) in [5.41, 5.74) is 0.947. The van der Waals surface area contributed by atoms with Gasteiger partial charge in [0.2, 0.25) is 5.91 Å². The highest BCUT2D eigenvalue weighted by atomic mass is 16.3. The third-order valence-corrected chi connectivity index (χ3v) is 3.51. The van der Waals surface area contributed by atoms with Crippen LogP contribution >= 0.6 is 0 Å². The van der Waals surface area contributed by atoms with Crippen LogP contribution in [-0.2, 0) is 11.2 Å². The number of nitrogens with one attached hydrogen (secondary N) is 1. The fraction of sp³-hybridized carbons (Fsp3) is 0.583. The molecule has 2 aliphatic heterocycles. The number of carbonyl (C=O) groups is 1. The van der Waals surface area contributed by atoms with Gasteiger partial charge >= 0.3 is 0 Å². The number of nitrogens with zero attached hydrogens (tertiary/aromatic N) is 1. The molecule has 1 aromatic heterocycles. The minimum absolute atomic E-state index is 0.0453. The number of fused-ring (bicyclic) bond motifs is 1. The predicted octanol–water partition coefficient (Wildman–Crippen LogP) is 0.0596. The van der Waals surface area contributed by atoms with Crippen molar-refractivity contribution >= 4 is 5.91 Å². The summed E-state index contributed by atoms with van der Waals surface area (Å²) in [4.78, 5) is 14.0. The van der Waals surface area contributed by atoms with Gasteiger partial charge in [0.05, 0.1) is 12.4 Å². The Hall–Kier alpha value is -1.33. The Labute approximate surface area is 99.4 Å². The summed E-state index contributed by atoms with van der Waals surface area (Å²) < 4.78 is 5.36. The van der Waals surface area contributed by atoms with Gasteiger partial charge in [-0.2, -0.15) is 0 Å². The number of hydrogen-bond acceptors (Lipinski definition) is 4. The summed E-state index contributed by atoms with van der Waals surface area (Å²) in [7, 11) is 0. The number of aliphatic hydroxyl groups excluding tert-OH is 1. The zero-order valence-electron chi connectivity index (χ0n) is 9.56. The van der Waals surface area contributed by atoms with Crippen molar-refractivity contribution in [1.82, 2.24) is 10.2 Å². The second kappa shape index (κ2) is 4.16. The molecule has 0 aromatic carbocycles. The smallest absolute Gasteiger partial charge is 0.244 e. The molecule has 1 amide bonds. The fourth-order valence-electron chi connectivity index (χ4n) is 2.60. The first-order valence-corrected chi connectivity index (χ1v) is 6.02. The molecule has 2 aliphatic rings. The number of β-amino-alcohol motifs (C(OH)–C–C–N with tert-alkyl or cyclic N) is 1. The largest absolute Gasteiger partial charge is 0.469 e. The van der Waals surface area contributed by atoms with Gasteiger partial charge in [-0.25, -0.2) is 0 Å². The Morgan fingerprint density at radius 1 is 1.59 bits per heavy atom. The summed E-state index contributed by atoms with van der Waals surface area (Å²) in [6.45, 7) is 1.85.